The van der Waals surface area contributed by atoms with E-state index in [0.717, 1.165) is 30.4 Å². The Labute approximate surface area is 132 Å². The number of thiol groups is 1. The smallest absolute Gasteiger partial charge is 0.139 e. The fourth-order valence-electron chi connectivity index (χ4n) is 2.07. The molecule has 0 aliphatic rings. The van der Waals surface area contributed by atoms with Gasteiger partial charge in [-0.1, -0.05) is 31.5 Å². The van der Waals surface area contributed by atoms with Gasteiger partial charge in [-0.3, -0.25) is 4.79 Å². The molecule has 0 radical (unpaired) electrons. The number of rotatable bonds is 8. The second kappa shape index (κ2) is 8.58. The summed E-state index contributed by atoms with van der Waals surface area (Å²) in [6.45, 7) is 5.91. The molecule has 112 valence electrons. The van der Waals surface area contributed by atoms with E-state index < -0.39 is 0 Å². The SMILES string of the molecule is Cc1cc(CCCCC(=O)C(C)C)c(Cl)c(OCS)c1. The Balaban J connectivity index is 2.57. The summed E-state index contributed by atoms with van der Waals surface area (Å²) in [7, 11) is 0. The van der Waals surface area contributed by atoms with E-state index in [0.29, 0.717) is 28.9 Å². The average Bonchev–Trinajstić information content (AvgIpc) is 2.39. The summed E-state index contributed by atoms with van der Waals surface area (Å²) in [4.78, 5) is 11.6. The second-order valence-electron chi connectivity index (χ2n) is 5.34. The number of carbonyl (C=O) groups excluding carboxylic acids is 1. The number of unbranched alkanes of at least 4 members (excludes halogenated alkanes) is 1. The zero-order chi connectivity index (χ0) is 15.1. The van der Waals surface area contributed by atoms with Gasteiger partial charge in [-0.05, 0) is 43.4 Å². The highest BCUT2D eigenvalue weighted by Crippen LogP contribution is 2.31. The van der Waals surface area contributed by atoms with Gasteiger partial charge in [-0.25, -0.2) is 0 Å². The molecule has 0 unspecified atom stereocenters. The van der Waals surface area contributed by atoms with Crippen LogP contribution in [0.25, 0.3) is 0 Å². The molecule has 0 N–H and O–H groups in total. The lowest BCUT2D eigenvalue weighted by atomic mass is 10.00. The number of carbonyl (C=O) groups is 1. The van der Waals surface area contributed by atoms with Crippen LogP contribution in [0.5, 0.6) is 5.75 Å². The largest absolute Gasteiger partial charge is 0.482 e. The van der Waals surface area contributed by atoms with Crippen molar-refractivity contribution in [3.05, 3.63) is 28.3 Å². The highest BCUT2D eigenvalue weighted by Gasteiger charge is 2.10. The molecule has 20 heavy (non-hydrogen) atoms. The topological polar surface area (TPSA) is 26.3 Å². The van der Waals surface area contributed by atoms with Gasteiger partial charge in [-0.15, -0.1) is 12.6 Å². The van der Waals surface area contributed by atoms with Crippen molar-refractivity contribution in [2.75, 3.05) is 5.94 Å². The highest BCUT2D eigenvalue weighted by atomic mass is 35.5. The van der Waals surface area contributed by atoms with Gasteiger partial charge in [-0.2, -0.15) is 0 Å². The third kappa shape index (κ3) is 5.37. The first-order chi connectivity index (χ1) is 9.45. The number of ether oxygens (including phenoxy) is 1. The standard InChI is InChI=1S/C16H23ClO2S/c1-11(2)14(18)7-5-4-6-13-8-12(3)9-15(16(13)17)19-10-20/h8-9,11,20H,4-7,10H2,1-3H3. The second-order valence-corrected chi connectivity index (χ2v) is 5.97. The molecule has 0 spiro atoms. The molecule has 4 heteroatoms. The van der Waals surface area contributed by atoms with Gasteiger partial charge in [0.05, 0.1) is 5.02 Å². The molecule has 0 aliphatic heterocycles. The van der Waals surface area contributed by atoms with Gasteiger partial charge in [0.1, 0.15) is 17.5 Å². The number of Topliss-reactive ketones (excluding diaryl/α,β-unsaturated/α-hetero) is 1. The van der Waals surface area contributed by atoms with E-state index >= 15 is 0 Å². The number of aryl methyl sites for hydroxylation is 2. The first-order valence-corrected chi connectivity index (χ1v) is 8.02. The number of ketones is 1. The summed E-state index contributed by atoms with van der Waals surface area (Å²) in [6.07, 6.45) is 3.39. The Kier molecular flexibility index (Phi) is 7.46. The molecule has 0 saturated carbocycles. The van der Waals surface area contributed by atoms with Crippen LogP contribution in [-0.4, -0.2) is 11.7 Å². The molecule has 1 rings (SSSR count). The minimum absolute atomic E-state index is 0.132. The molecule has 0 bridgehead atoms. The molecular formula is C16H23ClO2S. The Morgan fingerprint density at radius 2 is 2.05 bits per heavy atom. The molecule has 0 saturated heterocycles. The lowest BCUT2D eigenvalue weighted by Crippen LogP contribution is -2.06. The van der Waals surface area contributed by atoms with E-state index in [2.05, 4.69) is 18.7 Å². The molecule has 0 aliphatic carbocycles. The summed E-state index contributed by atoms with van der Waals surface area (Å²) >= 11 is 10.4. The van der Waals surface area contributed by atoms with Crippen LogP contribution in [-0.2, 0) is 11.2 Å². The summed E-state index contributed by atoms with van der Waals surface area (Å²) in [5.74, 6) is 1.47. The third-order valence-corrected chi connectivity index (χ3v) is 3.80. The molecule has 0 fully saturated rings. The van der Waals surface area contributed by atoms with Crippen molar-refractivity contribution < 1.29 is 9.53 Å². The van der Waals surface area contributed by atoms with E-state index in [9.17, 15) is 4.79 Å². The Morgan fingerprint density at radius 1 is 1.35 bits per heavy atom. The summed E-state index contributed by atoms with van der Waals surface area (Å²) in [5.41, 5.74) is 2.21. The minimum atomic E-state index is 0.132. The number of benzene rings is 1. The molecule has 1 aromatic carbocycles. The summed E-state index contributed by atoms with van der Waals surface area (Å²) < 4.78 is 5.41. The van der Waals surface area contributed by atoms with Gasteiger partial charge >= 0.3 is 0 Å². The van der Waals surface area contributed by atoms with Crippen molar-refractivity contribution >= 4 is 30.0 Å². The van der Waals surface area contributed by atoms with Crippen molar-refractivity contribution in [2.45, 2.75) is 46.5 Å². The number of hydrogen-bond donors (Lipinski definition) is 1. The molecule has 0 amide bonds. The Bertz CT molecular complexity index is 458. The van der Waals surface area contributed by atoms with Gasteiger partial charge in [0, 0.05) is 12.3 Å². The number of hydrogen-bond acceptors (Lipinski definition) is 3. The van der Waals surface area contributed by atoms with Crippen molar-refractivity contribution in [3.63, 3.8) is 0 Å². The van der Waals surface area contributed by atoms with E-state index in [-0.39, 0.29) is 5.92 Å². The van der Waals surface area contributed by atoms with Crippen molar-refractivity contribution in [2.24, 2.45) is 5.92 Å². The maximum absolute atomic E-state index is 11.6. The van der Waals surface area contributed by atoms with Crippen molar-refractivity contribution in [1.29, 1.82) is 0 Å². The molecule has 1 aromatic rings. The van der Waals surface area contributed by atoms with E-state index in [4.69, 9.17) is 16.3 Å². The summed E-state index contributed by atoms with van der Waals surface area (Å²) in [6, 6.07) is 4.00. The molecular weight excluding hydrogens is 292 g/mol. The molecule has 0 atom stereocenters. The minimum Gasteiger partial charge on any atom is -0.482 e. The van der Waals surface area contributed by atoms with Crippen molar-refractivity contribution in [3.8, 4) is 5.75 Å². The molecule has 2 nitrogen and oxygen atoms in total. The predicted octanol–water partition coefficient (Wildman–Crippen LogP) is 4.85. The van der Waals surface area contributed by atoms with Gasteiger partial charge in [0.2, 0.25) is 0 Å². The predicted molar refractivity (Wildman–Crippen MR) is 88.1 cm³/mol. The van der Waals surface area contributed by atoms with Crippen LogP contribution >= 0.6 is 24.2 Å². The maximum atomic E-state index is 11.6. The van der Waals surface area contributed by atoms with Gasteiger partial charge in [0.15, 0.2) is 0 Å². The van der Waals surface area contributed by atoms with E-state index in [1.165, 1.54) is 0 Å². The average molecular weight is 315 g/mol. The lowest BCUT2D eigenvalue weighted by molar-refractivity contribution is -0.122. The quantitative estimate of drug-likeness (QED) is 0.421. The van der Waals surface area contributed by atoms with Crippen LogP contribution in [0.15, 0.2) is 12.1 Å². The van der Waals surface area contributed by atoms with Crippen LogP contribution in [0.4, 0.5) is 0 Å². The zero-order valence-electron chi connectivity index (χ0n) is 12.4. The fourth-order valence-corrected chi connectivity index (χ4v) is 2.47. The van der Waals surface area contributed by atoms with E-state index in [1.54, 1.807) is 0 Å². The Hall–Kier alpha value is -0.670. The first-order valence-electron chi connectivity index (χ1n) is 7.01. The van der Waals surface area contributed by atoms with Crippen LogP contribution in [0, 0.1) is 12.8 Å². The normalized spacial score (nSPS) is 10.9. The Morgan fingerprint density at radius 3 is 2.65 bits per heavy atom. The van der Waals surface area contributed by atoms with Gasteiger partial charge in [0.25, 0.3) is 0 Å². The molecule has 0 heterocycles. The van der Waals surface area contributed by atoms with Crippen molar-refractivity contribution in [1.82, 2.24) is 0 Å². The summed E-state index contributed by atoms with van der Waals surface area (Å²) in [5, 5.41) is 0.667. The van der Waals surface area contributed by atoms with Crippen LogP contribution in [0.2, 0.25) is 5.02 Å². The third-order valence-electron chi connectivity index (χ3n) is 3.24. The van der Waals surface area contributed by atoms with Crippen LogP contribution < -0.4 is 4.74 Å². The van der Waals surface area contributed by atoms with E-state index in [1.807, 2.05) is 26.8 Å². The highest BCUT2D eigenvalue weighted by molar-refractivity contribution is 7.80. The van der Waals surface area contributed by atoms with Crippen LogP contribution in [0.3, 0.4) is 0 Å². The van der Waals surface area contributed by atoms with Crippen LogP contribution in [0.1, 0.15) is 44.2 Å². The fraction of sp³-hybridized carbons (Fsp3) is 0.562. The maximum Gasteiger partial charge on any atom is 0.139 e. The van der Waals surface area contributed by atoms with Gasteiger partial charge < -0.3 is 4.74 Å². The monoisotopic (exact) mass is 314 g/mol. The molecule has 0 aromatic heterocycles. The zero-order valence-corrected chi connectivity index (χ0v) is 14.1. The lowest BCUT2D eigenvalue weighted by Gasteiger charge is -2.11. The first kappa shape index (κ1) is 17.4. The number of halogens is 1.